The smallest absolute Gasteiger partial charge is 0.0737 e. The van der Waals surface area contributed by atoms with Crippen molar-refractivity contribution < 1.29 is 0 Å². The first kappa shape index (κ1) is 19.3. The van der Waals surface area contributed by atoms with Gasteiger partial charge < -0.3 is 14.9 Å². The predicted molar refractivity (Wildman–Crippen MR) is 139 cm³/mol. The Labute approximate surface area is 191 Å². The van der Waals surface area contributed by atoms with Gasteiger partial charge in [-0.05, 0) is 72.8 Å². The molecule has 0 atom stereocenters. The molecule has 2 aliphatic heterocycles. The number of hydrogen-bond donors (Lipinski definition) is 2. The van der Waals surface area contributed by atoms with Gasteiger partial charge >= 0.3 is 0 Å². The molecule has 0 spiro atoms. The van der Waals surface area contributed by atoms with Crippen LogP contribution in [0.15, 0.2) is 66.7 Å². The summed E-state index contributed by atoms with van der Waals surface area (Å²) in [6.07, 6.45) is 8.23. The maximum Gasteiger partial charge on any atom is 0.0737 e. The average Bonchev–Trinajstić information content (AvgIpc) is 3.60. The number of para-hydroxylation sites is 1. The van der Waals surface area contributed by atoms with E-state index >= 15 is 0 Å². The molecule has 0 fully saturated rings. The van der Waals surface area contributed by atoms with Gasteiger partial charge in [-0.3, -0.25) is 0 Å². The summed E-state index contributed by atoms with van der Waals surface area (Å²) in [5.41, 5.74) is 11.1. The van der Waals surface area contributed by atoms with Crippen molar-refractivity contribution in [3.63, 3.8) is 0 Å². The second-order valence-corrected chi connectivity index (χ2v) is 8.47. The quantitative estimate of drug-likeness (QED) is 0.335. The summed E-state index contributed by atoms with van der Waals surface area (Å²) in [5.74, 6) is 0. The molecule has 5 heterocycles. The number of nitrogens with zero attached hydrogens (tertiary/aromatic N) is 3. The lowest BCUT2D eigenvalue weighted by Gasteiger charge is -2.18. The molecular weight excluding hydrogens is 406 g/mol. The highest BCUT2D eigenvalue weighted by Crippen LogP contribution is 2.35. The third kappa shape index (κ3) is 3.64. The van der Waals surface area contributed by atoms with Crippen LogP contribution in [0.5, 0.6) is 0 Å². The van der Waals surface area contributed by atoms with Gasteiger partial charge in [-0.25, -0.2) is 9.97 Å². The maximum atomic E-state index is 4.99. The van der Waals surface area contributed by atoms with E-state index in [-0.39, 0.29) is 0 Å². The molecule has 0 unspecified atom stereocenters. The van der Waals surface area contributed by atoms with E-state index in [0.29, 0.717) is 0 Å². The van der Waals surface area contributed by atoms with Crippen LogP contribution in [0.2, 0.25) is 0 Å². The molecule has 160 valence electrons. The lowest BCUT2D eigenvalue weighted by Crippen LogP contribution is -2.10. The fraction of sp³-hybridized carbons (Fsp3) is 0.0714. The van der Waals surface area contributed by atoms with Crippen LogP contribution in [0.3, 0.4) is 0 Å². The van der Waals surface area contributed by atoms with E-state index in [1.54, 1.807) is 0 Å². The zero-order chi connectivity index (χ0) is 22.4. The van der Waals surface area contributed by atoms with E-state index in [9.17, 15) is 0 Å². The van der Waals surface area contributed by atoms with Gasteiger partial charge in [-0.2, -0.15) is 0 Å². The van der Waals surface area contributed by atoms with Crippen molar-refractivity contribution >= 4 is 52.1 Å². The first-order chi connectivity index (χ1) is 16.1. The van der Waals surface area contributed by atoms with E-state index in [1.165, 1.54) is 0 Å². The molecule has 0 saturated carbocycles. The van der Waals surface area contributed by atoms with Gasteiger partial charge in [0.1, 0.15) is 0 Å². The van der Waals surface area contributed by atoms with Crippen LogP contribution in [0.4, 0.5) is 5.69 Å². The monoisotopic (exact) mass is 429 g/mol. The Morgan fingerprint density at radius 3 is 1.97 bits per heavy atom. The number of aromatic nitrogens is 4. The Morgan fingerprint density at radius 1 is 0.636 bits per heavy atom. The van der Waals surface area contributed by atoms with Crippen LogP contribution in [0.1, 0.15) is 22.8 Å². The van der Waals surface area contributed by atoms with Crippen molar-refractivity contribution in [1.82, 2.24) is 19.9 Å². The summed E-state index contributed by atoms with van der Waals surface area (Å²) >= 11 is 0. The van der Waals surface area contributed by atoms with E-state index in [1.807, 2.05) is 12.2 Å². The summed E-state index contributed by atoms with van der Waals surface area (Å²) in [6, 6.07) is 23.0. The van der Waals surface area contributed by atoms with Crippen molar-refractivity contribution in [1.29, 1.82) is 0 Å². The molecule has 8 bridgehead atoms. The Bertz CT molecular complexity index is 1600. The number of anilines is 1. The number of H-pyrrole nitrogens is 2. The number of hydrogen-bond acceptors (Lipinski definition) is 3. The zero-order valence-corrected chi connectivity index (χ0v) is 18.5. The highest BCUT2D eigenvalue weighted by atomic mass is 15.1. The number of benzene rings is 1. The molecule has 33 heavy (non-hydrogen) atoms. The summed E-state index contributed by atoms with van der Waals surface area (Å²) < 4.78 is 0. The van der Waals surface area contributed by atoms with Gasteiger partial charge in [0.05, 0.1) is 22.8 Å². The second-order valence-electron chi connectivity index (χ2n) is 8.47. The van der Waals surface area contributed by atoms with Crippen molar-refractivity contribution in [2.45, 2.75) is 0 Å². The van der Waals surface area contributed by atoms with Crippen molar-refractivity contribution in [3.05, 3.63) is 89.5 Å². The van der Waals surface area contributed by atoms with Crippen LogP contribution in [0.25, 0.3) is 57.5 Å². The molecule has 0 saturated heterocycles. The van der Waals surface area contributed by atoms with Crippen molar-refractivity contribution in [3.8, 4) is 11.1 Å². The normalized spacial score (nSPS) is 12.3. The molecule has 5 heteroatoms. The van der Waals surface area contributed by atoms with Gasteiger partial charge in [0.2, 0.25) is 0 Å². The Hall–Kier alpha value is -4.38. The highest BCUT2D eigenvalue weighted by Gasteiger charge is 2.14. The lowest BCUT2D eigenvalue weighted by atomic mass is 10.0. The second kappa shape index (κ2) is 7.64. The summed E-state index contributed by atoms with van der Waals surface area (Å²) in [7, 11) is 4.14. The zero-order valence-electron chi connectivity index (χ0n) is 18.5. The van der Waals surface area contributed by atoms with Gasteiger partial charge in [-0.15, -0.1) is 0 Å². The van der Waals surface area contributed by atoms with E-state index in [4.69, 9.17) is 9.97 Å². The van der Waals surface area contributed by atoms with Gasteiger partial charge in [-0.1, -0.05) is 18.2 Å². The standard InChI is InChI=1S/C28H23N5/c1-33(2)27-6-4-3-5-24(27)28-25-13-11-22(31-25)16-20-9-7-18(29-20)15-19-8-10-21(30-19)17-23-12-14-26(28)32-23/h3-17,29,32H,1-2H3. The number of fused-ring (bicyclic) bond motifs is 8. The summed E-state index contributed by atoms with van der Waals surface area (Å²) in [6.45, 7) is 0. The highest BCUT2D eigenvalue weighted by molar-refractivity contribution is 5.95. The maximum absolute atomic E-state index is 4.99. The van der Waals surface area contributed by atoms with E-state index in [2.05, 4.69) is 108 Å². The third-order valence-corrected chi connectivity index (χ3v) is 5.88. The molecule has 5 nitrogen and oxygen atoms in total. The average molecular weight is 430 g/mol. The lowest BCUT2D eigenvalue weighted by molar-refractivity contribution is 1.13. The number of rotatable bonds is 2. The Kier molecular flexibility index (Phi) is 4.47. The number of aromatic amines is 2. The van der Waals surface area contributed by atoms with Crippen LogP contribution in [-0.2, 0) is 0 Å². The van der Waals surface area contributed by atoms with Gasteiger partial charge in [0.15, 0.2) is 0 Å². The molecular formula is C28H23N5. The largest absolute Gasteiger partial charge is 0.377 e. The molecule has 3 aromatic heterocycles. The van der Waals surface area contributed by atoms with Crippen molar-refractivity contribution in [2.24, 2.45) is 0 Å². The Balaban J connectivity index is 1.73. The molecule has 0 amide bonds. The SMILES string of the molecule is CN(C)c1ccccc1-c1c2nc(cc3ccc(cc4nc(cc5ccc1[nH]5)C=C4)[nH]3)C=C2. The Morgan fingerprint density at radius 2 is 1.24 bits per heavy atom. The predicted octanol–water partition coefficient (Wildman–Crippen LogP) is 6.39. The third-order valence-electron chi connectivity index (χ3n) is 5.88. The van der Waals surface area contributed by atoms with Crippen LogP contribution in [-0.4, -0.2) is 34.0 Å². The first-order valence-electron chi connectivity index (χ1n) is 11.0. The minimum Gasteiger partial charge on any atom is -0.377 e. The summed E-state index contributed by atoms with van der Waals surface area (Å²) in [5, 5.41) is 0. The van der Waals surface area contributed by atoms with E-state index in [0.717, 1.165) is 61.7 Å². The summed E-state index contributed by atoms with van der Waals surface area (Å²) in [4.78, 5) is 18.9. The molecule has 0 radical (unpaired) electrons. The minimum atomic E-state index is 0.914. The van der Waals surface area contributed by atoms with Crippen LogP contribution in [0, 0.1) is 0 Å². The molecule has 1 aromatic carbocycles. The fourth-order valence-electron chi connectivity index (χ4n) is 4.37. The van der Waals surface area contributed by atoms with Gasteiger partial charge in [0.25, 0.3) is 0 Å². The van der Waals surface area contributed by atoms with Crippen LogP contribution >= 0.6 is 0 Å². The minimum absolute atomic E-state index is 0.914. The first-order valence-corrected chi connectivity index (χ1v) is 11.0. The molecule has 0 aliphatic carbocycles. The topological polar surface area (TPSA) is 60.6 Å². The number of nitrogens with one attached hydrogen (secondary N) is 2. The van der Waals surface area contributed by atoms with E-state index < -0.39 is 0 Å². The molecule has 2 aliphatic rings. The fourth-order valence-corrected chi connectivity index (χ4v) is 4.37. The molecule has 2 N–H and O–H groups in total. The van der Waals surface area contributed by atoms with Crippen LogP contribution < -0.4 is 4.90 Å². The van der Waals surface area contributed by atoms with Crippen molar-refractivity contribution in [2.75, 3.05) is 19.0 Å². The molecule has 6 rings (SSSR count). The molecule has 4 aromatic rings. The van der Waals surface area contributed by atoms with Gasteiger partial charge in [0, 0.05) is 53.0 Å².